The highest BCUT2D eigenvalue weighted by atomic mass is 31.2. The van der Waals surface area contributed by atoms with Crippen LogP contribution in [-0.4, -0.2) is 17.1 Å². The van der Waals surface area contributed by atoms with Crippen molar-refractivity contribution in [2.75, 3.05) is 4.90 Å². The molecule has 1 heterocycles. The first-order chi connectivity index (χ1) is 20.7. The monoisotopic (exact) mass is 576 g/mol. The molecule has 2 aliphatic rings. The van der Waals surface area contributed by atoms with E-state index in [0.29, 0.717) is 6.01 Å². The van der Waals surface area contributed by atoms with Gasteiger partial charge in [-0.3, -0.25) is 0 Å². The average molecular weight is 577 g/mol. The third-order valence-electron chi connectivity index (χ3n) is 8.72. The lowest BCUT2D eigenvalue weighted by Crippen LogP contribution is -2.46. The molecule has 42 heavy (non-hydrogen) atoms. The molecule has 0 N–H and O–H groups in total. The fraction of sp³-hybridized carbons (Fsp3) is 0.343. The second kappa shape index (κ2) is 12.9. The number of hydrogen-bond donors (Lipinski definition) is 0. The van der Waals surface area contributed by atoms with Crippen molar-refractivity contribution in [1.82, 2.24) is 4.98 Å². The number of nitrogens with zero attached hydrogens (tertiary/aromatic N) is 4. The topological polar surface area (TPSA) is 82.5 Å². The lowest BCUT2D eigenvalue weighted by molar-refractivity contribution is 0.313. The predicted octanol–water partition coefficient (Wildman–Crippen LogP) is 7.19. The molecule has 0 unspecified atom stereocenters. The van der Waals surface area contributed by atoms with Crippen LogP contribution in [0.4, 0.5) is 11.8 Å². The molecular weight excluding hydrogens is 539 g/mol. The summed E-state index contributed by atoms with van der Waals surface area (Å²) in [4.78, 5) is 20.9. The van der Waals surface area contributed by atoms with Gasteiger partial charge < -0.3 is 9.32 Å². The van der Waals surface area contributed by atoms with Gasteiger partial charge in [-0.2, -0.15) is 10.2 Å². The first-order valence-corrected chi connectivity index (χ1v) is 17.0. The van der Waals surface area contributed by atoms with Crippen molar-refractivity contribution in [3.63, 3.8) is 0 Å². The van der Waals surface area contributed by atoms with Crippen LogP contribution in [0.15, 0.2) is 105 Å². The van der Waals surface area contributed by atoms with Gasteiger partial charge in [-0.05, 0) is 25.7 Å². The molecule has 3 aromatic carbocycles. The normalized spacial score (nSPS) is 16.5. The van der Waals surface area contributed by atoms with E-state index in [2.05, 4.69) is 47.4 Å². The van der Waals surface area contributed by atoms with Crippen LogP contribution in [0.25, 0.3) is 0 Å². The molecule has 0 saturated heterocycles. The van der Waals surface area contributed by atoms with Crippen molar-refractivity contribution in [1.29, 1.82) is 5.26 Å². The summed E-state index contributed by atoms with van der Waals surface area (Å²) in [5.41, 5.74) is -0.802. The van der Waals surface area contributed by atoms with E-state index >= 15 is 0 Å². The zero-order valence-electron chi connectivity index (χ0n) is 23.9. The van der Waals surface area contributed by atoms with E-state index in [1.807, 2.05) is 54.6 Å². The maximum absolute atomic E-state index is 13.6. The minimum Gasteiger partial charge on any atom is -0.388 e. The molecular formula is C35H37N4O2P. The Labute approximate surface area is 248 Å². The highest BCUT2D eigenvalue weighted by Gasteiger charge is 2.34. The van der Waals surface area contributed by atoms with Gasteiger partial charge in [0.2, 0.25) is 0 Å². The van der Waals surface area contributed by atoms with Gasteiger partial charge in [0.05, 0.1) is 7.05 Å². The first-order valence-electron chi connectivity index (χ1n) is 15.2. The maximum Gasteiger partial charge on any atom is 0.360 e. The van der Waals surface area contributed by atoms with Crippen molar-refractivity contribution in [2.45, 2.75) is 76.3 Å². The Balaban J connectivity index is 1.64. The van der Waals surface area contributed by atoms with E-state index in [1.165, 1.54) is 12.8 Å². The van der Waals surface area contributed by atoms with E-state index < -0.39 is 12.7 Å². The minimum absolute atomic E-state index is 0.141. The van der Waals surface area contributed by atoms with Crippen molar-refractivity contribution in [2.24, 2.45) is 4.74 Å². The van der Waals surface area contributed by atoms with Gasteiger partial charge in [-0.1, -0.05) is 130 Å². The zero-order valence-corrected chi connectivity index (χ0v) is 24.8. The molecule has 6 nitrogen and oxygen atoms in total. The second-order valence-electron chi connectivity index (χ2n) is 11.3. The summed E-state index contributed by atoms with van der Waals surface area (Å²) in [5.74, 6) is 0.172. The third-order valence-corrected chi connectivity index (χ3v) is 12.3. The van der Waals surface area contributed by atoms with E-state index in [9.17, 15) is 10.1 Å². The molecule has 0 atom stereocenters. The fourth-order valence-corrected chi connectivity index (χ4v) is 10.2. The van der Waals surface area contributed by atoms with Gasteiger partial charge in [0.25, 0.3) is 0 Å². The molecule has 0 aliphatic heterocycles. The van der Waals surface area contributed by atoms with Crippen molar-refractivity contribution >= 4 is 34.8 Å². The Morgan fingerprint density at radius 2 is 1.14 bits per heavy atom. The molecule has 1 aromatic heterocycles. The lowest BCUT2D eigenvalue weighted by atomic mass is 9.89. The Morgan fingerprint density at radius 1 is 0.714 bits per heavy atom. The molecule has 4 aromatic rings. The summed E-state index contributed by atoms with van der Waals surface area (Å²) < 4.78 is 11.4. The SMILES string of the molecule is N#Cc1c(N=P(c2ccccc2)(c2ccccc2)c2ccccc2)nc(N(C2CCCCC2)C2CCCCC2)oc1=O. The quantitative estimate of drug-likeness (QED) is 0.218. The van der Waals surface area contributed by atoms with E-state index in [4.69, 9.17) is 14.1 Å². The average Bonchev–Trinajstić information content (AvgIpc) is 3.06. The molecule has 7 heteroatoms. The number of aromatic nitrogens is 1. The molecule has 2 fully saturated rings. The zero-order chi connectivity index (χ0) is 28.8. The van der Waals surface area contributed by atoms with Crippen LogP contribution in [0.2, 0.25) is 0 Å². The molecule has 0 radical (unpaired) electrons. The van der Waals surface area contributed by atoms with Crippen LogP contribution in [0.1, 0.15) is 69.8 Å². The molecule has 2 saturated carbocycles. The van der Waals surface area contributed by atoms with Crippen LogP contribution in [0.3, 0.4) is 0 Å². The Morgan fingerprint density at radius 3 is 1.55 bits per heavy atom. The number of benzene rings is 3. The van der Waals surface area contributed by atoms with Gasteiger partial charge in [-0.25, -0.2) is 9.54 Å². The number of anilines is 1. The van der Waals surface area contributed by atoms with E-state index in [1.54, 1.807) is 0 Å². The van der Waals surface area contributed by atoms with Crippen LogP contribution in [0, 0.1) is 11.3 Å². The summed E-state index contributed by atoms with van der Waals surface area (Å²) in [6, 6.07) is 33.6. The van der Waals surface area contributed by atoms with E-state index in [-0.39, 0.29) is 23.5 Å². The minimum atomic E-state index is -2.74. The summed E-state index contributed by atoms with van der Waals surface area (Å²) in [5, 5.41) is 13.3. The number of rotatable bonds is 7. The van der Waals surface area contributed by atoms with Gasteiger partial charge in [0.15, 0.2) is 11.4 Å². The summed E-state index contributed by atoms with van der Waals surface area (Å²) in [6.45, 7) is 0. The molecule has 2 aliphatic carbocycles. The highest BCUT2D eigenvalue weighted by Crippen LogP contribution is 2.49. The second-order valence-corrected chi connectivity index (χ2v) is 14.3. The van der Waals surface area contributed by atoms with Gasteiger partial charge in [0, 0.05) is 28.0 Å². The molecule has 0 amide bonds. The highest BCUT2D eigenvalue weighted by molar-refractivity contribution is 7.87. The maximum atomic E-state index is 13.6. The Kier molecular flexibility index (Phi) is 8.68. The van der Waals surface area contributed by atoms with Crippen LogP contribution >= 0.6 is 7.05 Å². The molecule has 6 rings (SSSR count). The van der Waals surface area contributed by atoms with Gasteiger partial charge >= 0.3 is 11.6 Å². The number of hydrogen-bond acceptors (Lipinski definition) is 6. The first kappa shape index (κ1) is 28.2. The largest absolute Gasteiger partial charge is 0.388 e. The van der Waals surface area contributed by atoms with Crippen LogP contribution in [0.5, 0.6) is 0 Å². The van der Waals surface area contributed by atoms with Gasteiger partial charge in [-0.15, -0.1) is 0 Å². The van der Waals surface area contributed by atoms with Crippen LogP contribution in [-0.2, 0) is 0 Å². The summed E-state index contributed by atoms with van der Waals surface area (Å²) in [6.07, 6.45) is 11.4. The van der Waals surface area contributed by atoms with E-state index in [0.717, 1.165) is 67.3 Å². The molecule has 0 bridgehead atoms. The Bertz CT molecular complexity index is 1510. The van der Waals surface area contributed by atoms with Crippen molar-refractivity contribution < 1.29 is 4.42 Å². The van der Waals surface area contributed by atoms with Gasteiger partial charge in [0.1, 0.15) is 6.07 Å². The number of nitriles is 1. The molecule has 0 spiro atoms. The lowest BCUT2D eigenvalue weighted by Gasteiger charge is -2.41. The Hall–Kier alpha value is -3.94. The smallest absolute Gasteiger partial charge is 0.360 e. The van der Waals surface area contributed by atoms with Crippen molar-refractivity contribution in [3.8, 4) is 6.07 Å². The molecule has 214 valence electrons. The third kappa shape index (κ3) is 5.59. The standard InChI is InChI=1S/C35H37N4O2P/c36-26-32-33(37-35(41-34(32)40)39(27-16-6-1-7-17-27)28-18-8-2-9-19-28)38-42(29-20-10-3-11-21-29,30-22-12-4-13-23-30)31-24-14-5-15-25-31/h3-5,10-15,20-25,27-28H,1-2,6-9,16-19H2. The summed E-state index contributed by atoms with van der Waals surface area (Å²) in [7, 11) is -2.74. The predicted molar refractivity (Wildman–Crippen MR) is 171 cm³/mol. The van der Waals surface area contributed by atoms with Crippen LogP contribution < -0.4 is 26.4 Å². The fourth-order valence-electron chi connectivity index (χ4n) is 6.70. The summed E-state index contributed by atoms with van der Waals surface area (Å²) >= 11 is 0. The van der Waals surface area contributed by atoms with Crippen molar-refractivity contribution in [3.05, 3.63) is 107 Å².